The van der Waals surface area contributed by atoms with Crippen molar-refractivity contribution in [1.82, 2.24) is 9.78 Å². The third kappa shape index (κ3) is 5.48. The lowest BCUT2D eigenvalue weighted by Gasteiger charge is -2.11. The first-order valence-corrected chi connectivity index (χ1v) is 10.9. The molecule has 0 unspecified atom stereocenters. The maximum Gasteiger partial charge on any atom is 0.108 e. The van der Waals surface area contributed by atoms with Crippen molar-refractivity contribution in [2.75, 3.05) is 0 Å². The smallest absolute Gasteiger partial charge is 0.108 e. The van der Waals surface area contributed by atoms with Crippen molar-refractivity contribution < 1.29 is 0 Å². The van der Waals surface area contributed by atoms with E-state index in [1.165, 1.54) is 11.1 Å². The molecular formula is C24H22Cl2N2S. The van der Waals surface area contributed by atoms with Crippen LogP contribution in [0.15, 0.2) is 70.1 Å². The lowest BCUT2D eigenvalue weighted by molar-refractivity contribution is 0.785. The number of terminal acetylenes is 1. The molecule has 0 bridgehead atoms. The largest absolute Gasteiger partial charge is 0.226 e. The quantitative estimate of drug-likeness (QED) is 0.278. The molecule has 0 radical (unpaired) electrons. The van der Waals surface area contributed by atoms with E-state index in [-0.39, 0.29) is 0 Å². The van der Waals surface area contributed by atoms with Gasteiger partial charge in [0.2, 0.25) is 0 Å². The first-order valence-electron chi connectivity index (χ1n) is 9.37. The van der Waals surface area contributed by atoms with Crippen LogP contribution in [0.2, 0.25) is 10.0 Å². The van der Waals surface area contributed by atoms with Crippen molar-refractivity contribution >= 4 is 35.0 Å². The topological polar surface area (TPSA) is 17.8 Å². The van der Waals surface area contributed by atoms with Crippen LogP contribution in [0.3, 0.4) is 0 Å². The second kappa shape index (κ2) is 10.1. The van der Waals surface area contributed by atoms with Crippen LogP contribution < -0.4 is 0 Å². The van der Waals surface area contributed by atoms with Gasteiger partial charge in [0.05, 0.1) is 11.4 Å². The average Bonchev–Trinajstić information content (AvgIpc) is 3.00. The van der Waals surface area contributed by atoms with E-state index in [1.54, 1.807) is 17.8 Å². The Hall–Kier alpha value is -2.12. The molecule has 5 heteroatoms. The molecule has 1 heterocycles. The number of hydrogen-bond donors (Lipinski definition) is 0. The maximum atomic E-state index is 6.23. The van der Waals surface area contributed by atoms with Crippen molar-refractivity contribution in [3.63, 3.8) is 0 Å². The molecular weight excluding hydrogens is 419 g/mol. The van der Waals surface area contributed by atoms with Crippen molar-refractivity contribution in [1.29, 1.82) is 0 Å². The summed E-state index contributed by atoms with van der Waals surface area (Å²) in [5.74, 6) is 2.74. The first kappa shape index (κ1) is 21.6. The summed E-state index contributed by atoms with van der Waals surface area (Å²) in [7, 11) is 0. The van der Waals surface area contributed by atoms with E-state index in [0.29, 0.717) is 16.5 Å². The minimum atomic E-state index is 0.620. The van der Waals surface area contributed by atoms with Crippen LogP contribution in [0.25, 0.3) is 5.69 Å². The minimum absolute atomic E-state index is 0.620. The molecule has 0 saturated heterocycles. The first-order chi connectivity index (χ1) is 14.0. The molecule has 0 atom stereocenters. The number of aromatic nitrogens is 2. The summed E-state index contributed by atoms with van der Waals surface area (Å²) in [6.07, 6.45) is 10.1. The van der Waals surface area contributed by atoms with Crippen molar-refractivity contribution in [3.05, 3.63) is 81.5 Å². The number of aryl methyl sites for hydroxylation is 1. The fraction of sp³-hybridized carbons (Fsp3) is 0.208. The van der Waals surface area contributed by atoms with E-state index < -0.39 is 0 Å². The number of allylic oxidation sites excluding steroid dienone is 2. The van der Waals surface area contributed by atoms with Crippen LogP contribution in [-0.4, -0.2) is 9.78 Å². The Morgan fingerprint density at radius 1 is 1.17 bits per heavy atom. The van der Waals surface area contributed by atoms with Crippen molar-refractivity contribution in [2.45, 2.75) is 43.0 Å². The zero-order valence-electron chi connectivity index (χ0n) is 16.5. The van der Waals surface area contributed by atoms with Crippen LogP contribution >= 0.6 is 35.0 Å². The lowest BCUT2D eigenvalue weighted by Crippen LogP contribution is -1.99. The van der Waals surface area contributed by atoms with E-state index in [0.717, 1.165) is 34.1 Å². The molecule has 0 aliphatic heterocycles. The molecule has 148 valence electrons. The summed E-state index contributed by atoms with van der Waals surface area (Å²) in [6.45, 7) is 4.09. The monoisotopic (exact) mass is 440 g/mol. The second-order valence-electron chi connectivity index (χ2n) is 6.65. The van der Waals surface area contributed by atoms with E-state index in [2.05, 4.69) is 31.1 Å². The highest BCUT2D eigenvalue weighted by Gasteiger charge is 2.18. The molecule has 0 aliphatic rings. The van der Waals surface area contributed by atoms with Gasteiger partial charge in [0.15, 0.2) is 0 Å². The third-order valence-electron chi connectivity index (χ3n) is 4.62. The summed E-state index contributed by atoms with van der Waals surface area (Å²) >= 11 is 14.1. The van der Waals surface area contributed by atoms with Crippen molar-refractivity contribution in [3.8, 4) is 18.0 Å². The molecule has 0 spiro atoms. The van der Waals surface area contributed by atoms with Gasteiger partial charge in [-0.2, -0.15) is 5.10 Å². The van der Waals surface area contributed by atoms with E-state index >= 15 is 0 Å². The Morgan fingerprint density at radius 3 is 2.48 bits per heavy atom. The van der Waals surface area contributed by atoms with Gasteiger partial charge < -0.3 is 0 Å². The van der Waals surface area contributed by atoms with E-state index in [4.69, 9.17) is 34.7 Å². The fourth-order valence-corrected chi connectivity index (χ4v) is 4.98. The molecule has 0 aliphatic carbocycles. The highest BCUT2D eigenvalue weighted by Crippen LogP contribution is 2.37. The normalized spacial score (nSPS) is 11.5. The van der Waals surface area contributed by atoms with Gasteiger partial charge in [-0.3, -0.25) is 0 Å². The number of hydrogen-bond acceptors (Lipinski definition) is 2. The Morgan fingerprint density at radius 2 is 1.86 bits per heavy atom. The maximum absolute atomic E-state index is 6.23. The zero-order chi connectivity index (χ0) is 20.8. The predicted octanol–water partition coefficient (Wildman–Crippen LogP) is 7.54. The molecule has 2 nitrogen and oxygen atoms in total. The summed E-state index contributed by atoms with van der Waals surface area (Å²) in [4.78, 5) is 0.982. The van der Waals surface area contributed by atoms with Gasteiger partial charge >= 0.3 is 0 Å². The second-order valence-corrected chi connectivity index (χ2v) is 8.59. The molecule has 0 saturated carbocycles. The fourth-order valence-electron chi connectivity index (χ4n) is 3.13. The van der Waals surface area contributed by atoms with E-state index in [9.17, 15) is 0 Å². The van der Waals surface area contributed by atoms with Crippen molar-refractivity contribution in [2.24, 2.45) is 0 Å². The standard InChI is InChI=1S/C24H22Cl2N2S/c1-4-9-18(5-2)12-13-23-17(3)27-28(21-10-7-6-8-11-21)24(23)29-22-15-19(25)14-20(26)16-22/h1,5-8,10-11,14-16H,9,12-13H2,2-3H3/b18-5+. The number of benzene rings is 2. The summed E-state index contributed by atoms with van der Waals surface area (Å²) in [6, 6.07) is 15.7. The lowest BCUT2D eigenvalue weighted by atomic mass is 10.0. The molecule has 0 amide bonds. The van der Waals surface area contributed by atoms with Gasteiger partial charge in [-0.05, 0) is 57.0 Å². The minimum Gasteiger partial charge on any atom is -0.226 e. The van der Waals surface area contributed by atoms with Gasteiger partial charge in [-0.25, -0.2) is 4.68 Å². The van der Waals surface area contributed by atoms with Gasteiger partial charge in [0, 0.05) is 26.9 Å². The van der Waals surface area contributed by atoms with Gasteiger partial charge in [-0.15, -0.1) is 12.3 Å². The Kier molecular flexibility index (Phi) is 7.50. The van der Waals surface area contributed by atoms with Crippen LogP contribution in [0.5, 0.6) is 0 Å². The third-order valence-corrected chi connectivity index (χ3v) is 6.14. The molecule has 3 aromatic rings. The molecule has 3 rings (SSSR count). The average molecular weight is 441 g/mol. The number of nitrogens with zero attached hydrogens (tertiary/aromatic N) is 2. The summed E-state index contributed by atoms with van der Waals surface area (Å²) < 4.78 is 2.00. The molecule has 2 aromatic carbocycles. The van der Waals surface area contributed by atoms with Gasteiger partial charge in [0.25, 0.3) is 0 Å². The Labute approximate surface area is 186 Å². The summed E-state index contributed by atoms with van der Waals surface area (Å²) in [5.41, 5.74) is 4.51. The number of halogens is 2. The highest BCUT2D eigenvalue weighted by molar-refractivity contribution is 7.99. The summed E-state index contributed by atoms with van der Waals surface area (Å²) in [5, 5.41) is 7.15. The number of rotatable bonds is 7. The van der Waals surface area contributed by atoms with Crippen LogP contribution in [0.4, 0.5) is 0 Å². The molecule has 0 fully saturated rings. The SMILES string of the molecule is C#CC/C(=C\C)CCc1c(C)nn(-c2ccccc2)c1Sc1cc(Cl)cc(Cl)c1. The van der Waals surface area contributed by atoms with Crippen LogP contribution in [-0.2, 0) is 6.42 Å². The van der Waals surface area contributed by atoms with Crippen LogP contribution in [0.1, 0.15) is 31.0 Å². The van der Waals surface area contributed by atoms with Gasteiger partial charge in [-0.1, -0.05) is 64.8 Å². The highest BCUT2D eigenvalue weighted by atomic mass is 35.5. The Bertz CT molecular complexity index is 1040. The predicted molar refractivity (Wildman–Crippen MR) is 124 cm³/mol. The molecule has 0 N–H and O–H groups in total. The van der Waals surface area contributed by atoms with E-state index in [1.807, 2.05) is 41.9 Å². The number of para-hydroxylation sites is 1. The Balaban J connectivity index is 2.03. The van der Waals surface area contributed by atoms with Gasteiger partial charge in [0.1, 0.15) is 5.03 Å². The van der Waals surface area contributed by atoms with Crippen LogP contribution in [0, 0.1) is 19.3 Å². The zero-order valence-corrected chi connectivity index (χ0v) is 18.8. The molecule has 1 aromatic heterocycles. The molecule has 29 heavy (non-hydrogen) atoms.